The van der Waals surface area contributed by atoms with Crippen molar-refractivity contribution in [1.29, 1.82) is 0 Å². The van der Waals surface area contributed by atoms with Crippen molar-refractivity contribution in [2.45, 2.75) is 19.3 Å². The predicted molar refractivity (Wildman–Crippen MR) is 85.0 cm³/mol. The second-order valence-corrected chi connectivity index (χ2v) is 6.15. The van der Waals surface area contributed by atoms with Crippen molar-refractivity contribution in [1.82, 2.24) is 4.98 Å². The first kappa shape index (κ1) is 15.0. The molecule has 0 saturated heterocycles. The van der Waals surface area contributed by atoms with Crippen LogP contribution in [0.4, 0.5) is 5.69 Å². The zero-order chi connectivity index (χ0) is 14.8. The van der Waals surface area contributed by atoms with Crippen molar-refractivity contribution < 1.29 is 4.79 Å². The van der Waals surface area contributed by atoms with Gasteiger partial charge < -0.3 is 5.32 Å². The minimum Gasteiger partial charge on any atom is -0.324 e. The monoisotopic (exact) mass is 352 g/mol. The third-order valence-electron chi connectivity index (χ3n) is 3.12. The molecule has 1 N–H and O–H groups in total. The van der Waals surface area contributed by atoms with Gasteiger partial charge in [0.1, 0.15) is 5.15 Å². The van der Waals surface area contributed by atoms with Crippen molar-refractivity contribution >= 4 is 39.1 Å². The fourth-order valence-corrected chi connectivity index (χ4v) is 2.22. The second kappa shape index (κ2) is 5.94. The van der Waals surface area contributed by atoms with Crippen molar-refractivity contribution in [2.24, 2.45) is 0 Å². The van der Waals surface area contributed by atoms with Crippen LogP contribution in [-0.2, 0) is 10.2 Å². The molecule has 0 spiro atoms. The molecule has 0 atom stereocenters. The molecule has 0 fully saturated rings. The molecule has 0 aliphatic heterocycles. The van der Waals surface area contributed by atoms with E-state index >= 15 is 0 Å². The number of nitrogens with one attached hydrogen (secondary N) is 1. The first-order valence-electron chi connectivity index (χ1n) is 6.09. The highest BCUT2D eigenvalue weighted by atomic mass is 79.9. The molecule has 0 radical (unpaired) electrons. The maximum Gasteiger partial charge on any atom is 0.234 e. The van der Waals surface area contributed by atoms with Crippen LogP contribution in [0.2, 0.25) is 5.15 Å². The smallest absolute Gasteiger partial charge is 0.234 e. The molecule has 2 rings (SSSR count). The second-order valence-electron chi connectivity index (χ2n) is 4.94. The molecular weight excluding hydrogens is 340 g/mol. The molecule has 0 aliphatic rings. The first-order chi connectivity index (χ1) is 9.41. The minimum absolute atomic E-state index is 0.0975. The van der Waals surface area contributed by atoms with Crippen LogP contribution < -0.4 is 5.32 Å². The number of pyridine rings is 1. The molecule has 3 nitrogen and oxygen atoms in total. The summed E-state index contributed by atoms with van der Waals surface area (Å²) in [6, 6.07) is 11.4. The van der Waals surface area contributed by atoms with E-state index in [9.17, 15) is 4.79 Å². The molecule has 1 aromatic carbocycles. The summed E-state index contributed by atoms with van der Waals surface area (Å²) >= 11 is 9.12. The van der Waals surface area contributed by atoms with Crippen LogP contribution in [0.1, 0.15) is 19.4 Å². The summed E-state index contributed by atoms with van der Waals surface area (Å²) in [5.74, 6) is -0.0975. The Bertz CT molecular complexity index is 629. The summed E-state index contributed by atoms with van der Waals surface area (Å²) < 4.78 is 0.648. The van der Waals surface area contributed by atoms with Crippen LogP contribution in [0.3, 0.4) is 0 Å². The zero-order valence-electron chi connectivity index (χ0n) is 11.2. The summed E-state index contributed by atoms with van der Waals surface area (Å²) in [6.45, 7) is 3.77. The topological polar surface area (TPSA) is 42.0 Å². The normalized spacial score (nSPS) is 11.2. The maximum absolute atomic E-state index is 12.4. The molecule has 5 heteroatoms. The van der Waals surface area contributed by atoms with Gasteiger partial charge in [0, 0.05) is 0 Å². The Morgan fingerprint density at radius 1 is 1.30 bits per heavy atom. The van der Waals surface area contributed by atoms with Crippen LogP contribution in [0.5, 0.6) is 0 Å². The molecule has 20 heavy (non-hydrogen) atoms. The molecule has 0 unspecified atom stereocenters. The van der Waals surface area contributed by atoms with E-state index in [1.54, 1.807) is 6.07 Å². The standard InChI is InChI=1S/C15H14BrClN2O/c1-15(2,10-6-4-3-5-7-10)14(20)19-11-8-12(16)13(17)18-9-11/h3-9H,1-2H3,(H,19,20). The number of anilines is 1. The quantitative estimate of drug-likeness (QED) is 0.830. The number of rotatable bonds is 3. The fraction of sp³-hybridized carbons (Fsp3) is 0.200. The number of halogens is 2. The lowest BCUT2D eigenvalue weighted by Gasteiger charge is -2.24. The van der Waals surface area contributed by atoms with Gasteiger partial charge in [-0.05, 0) is 41.4 Å². The van der Waals surface area contributed by atoms with Gasteiger partial charge in [0.05, 0.1) is 21.8 Å². The summed E-state index contributed by atoms with van der Waals surface area (Å²) in [5, 5.41) is 3.22. The molecule has 1 amide bonds. The average Bonchev–Trinajstić information content (AvgIpc) is 2.44. The number of hydrogen-bond acceptors (Lipinski definition) is 2. The largest absolute Gasteiger partial charge is 0.324 e. The number of benzene rings is 1. The number of amides is 1. The van der Waals surface area contributed by atoms with Crippen molar-refractivity contribution in [2.75, 3.05) is 5.32 Å². The Labute approximate surface area is 131 Å². The Balaban J connectivity index is 2.21. The third kappa shape index (κ3) is 3.19. The van der Waals surface area contributed by atoms with E-state index in [0.717, 1.165) is 5.56 Å². The summed E-state index contributed by atoms with van der Waals surface area (Å²) in [5.41, 5.74) is 0.932. The molecule has 0 bridgehead atoms. The lowest BCUT2D eigenvalue weighted by atomic mass is 9.84. The molecule has 0 saturated carbocycles. The Morgan fingerprint density at radius 2 is 1.95 bits per heavy atom. The summed E-state index contributed by atoms with van der Waals surface area (Å²) in [4.78, 5) is 16.4. The van der Waals surface area contributed by atoms with Crippen LogP contribution in [0.25, 0.3) is 0 Å². The van der Waals surface area contributed by atoms with Gasteiger partial charge in [0.2, 0.25) is 5.91 Å². The molecule has 104 valence electrons. The van der Waals surface area contributed by atoms with E-state index in [0.29, 0.717) is 15.3 Å². The van der Waals surface area contributed by atoms with Gasteiger partial charge in [0.25, 0.3) is 0 Å². The Hall–Kier alpha value is -1.39. The number of carbonyl (C=O) groups excluding carboxylic acids is 1. The lowest BCUT2D eigenvalue weighted by molar-refractivity contribution is -0.120. The van der Waals surface area contributed by atoms with Crippen LogP contribution >= 0.6 is 27.5 Å². The number of nitrogens with zero attached hydrogens (tertiary/aromatic N) is 1. The zero-order valence-corrected chi connectivity index (χ0v) is 13.5. The van der Waals surface area contributed by atoms with Gasteiger partial charge in [-0.25, -0.2) is 4.98 Å². The van der Waals surface area contributed by atoms with Gasteiger partial charge in [-0.15, -0.1) is 0 Å². The lowest BCUT2D eigenvalue weighted by Crippen LogP contribution is -2.34. The Kier molecular flexibility index (Phi) is 4.45. The fourth-order valence-electron chi connectivity index (χ4n) is 1.76. The van der Waals surface area contributed by atoms with Crippen molar-refractivity contribution in [3.8, 4) is 0 Å². The van der Waals surface area contributed by atoms with Crippen LogP contribution in [-0.4, -0.2) is 10.9 Å². The van der Waals surface area contributed by atoms with Gasteiger partial charge in [0.15, 0.2) is 0 Å². The highest BCUT2D eigenvalue weighted by Gasteiger charge is 2.29. The van der Waals surface area contributed by atoms with Gasteiger partial charge in [-0.2, -0.15) is 0 Å². The average molecular weight is 354 g/mol. The first-order valence-corrected chi connectivity index (χ1v) is 7.26. The van der Waals surface area contributed by atoms with E-state index < -0.39 is 5.41 Å². The van der Waals surface area contributed by atoms with E-state index in [-0.39, 0.29) is 5.91 Å². The molecule has 2 aromatic rings. The number of aromatic nitrogens is 1. The highest BCUT2D eigenvalue weighted by Crippen LogP contribution is 2.27. The van der Waals surface area contributed by atoms with E-state index in [1.807, 2.05) is 44.2 Å². The van der Waals surface area contributed by atoms with Gasteiger partial charge >= 0.3 is 0 Å². The van der Waals surface area contributed by atoms with Crippen LogP contribution in [0, 0.1) is 0 Å². The molecular formula is C15H14BrClN2O. The molecule has 1 aromatic heterocycles. The molecule has 0 aliphatic carbocycles. The summed E-state index contributed by atoms with van der Waals surface area (Å²) in [7, 11) is 0. The summed E-state index contributed by atoms with van der Waals surface area (Å²) in [6.07, 6.45) is 1.53. The van der Waals surface area contributed by atoms with Crippen molar-refractivity contribution in [3.05, 3.63) is 57.8 Å². The number of carbonyl (C=O) groups is 1. The van der Waals surface area contributed by atoms with E-state index in [1.165, 1.54) is 6.20 Å². The number of hydrogen-bond donors (Lipinski definition) is 1. The minimum atomic E-state index is -0.632. The highest BCUT2D eigenvalue weighted by molar-refractivity contribution is 9.10. The SMILES string of the molecule is CC(C)(C(=O)Nc1cnc(Cl)c(Br)c1)c1ccccc1. The van der Waals surface area contributed by atoms with Gasteiger partial charge in [-0.3, -0.25) is 4.79 Å². The van der Waals surface area contributed by atoms with E-state index in [4.69, 9.17) is 11.6 Å². The Morgan fingerprint density at radius 3 is 2.55 bits per heavy atom. The maximum atomic E-state index is 12.4. The van der Waals surface area contributed by atoms with E-state index in [2.05, 4.69) is 26.2 Å². The van der Waals surface area contributed by atoms with Crippen LogP contribution in [0.15, 0.2) is 47.1 Å². The van der Waals surface area contributed by atoms with Gasteiger partial charge in [-0.1, -0.05) is 41.9 Å². The van der Waals surface area contributed by atoms with Crippen molar-refractivity contribution in [3.63, 3.8) is 0 Å². The third-order valence-corrected chi connectivity index (χ3v) is 4.25. The predicted octanol–water partition coefficient (Wildman–Crippen LogP) is 4.41. The molecule has 1 heterocycles.